The minimum Gasteiger partial charge on any atom is -0.497 e. The molecule has 0 bridgehead atoms. The molecule has 1 aromatic heterocycles. The van der Waals surface area contributed by atoms with Crippen LogP contribution < -0.4 is 10.1 Å². The van der Waals surface area contributed by atoms with Crippen LogP contribution in [0.15, 0.2) is 48.7 Å². The normalized spacial score (nSPS) is 18.6. The van der Waals surface area contributed by atoms with Crippen molar-refractivity contribution in [1.82, 2.24) is 14.9 Å². The van der Waals surface area contributed by atoms with Gasteiger partial charge in [0.25, 0.3) is 5.91 Å². The molecule has 1 fully saturated rings. The Kier molecular flexibility index (Phi) is 6.51. The first-order valence-electron chi connectivity index (χ1n) is 10.1. The number of imidazole rings is 1. The van der Waals surface area contributed by atoms with Crippen molar-refractivity contribution in [3.63, 3.8) is 0 Å². The summed E-state index contributed by atoms with van der Waals surface area (Å²) in [5.74, 6) is 0.907. The van der Waals surface area contributed by atoms with Gasteiger partial charge < -0.3 is 15.2 Å². The van der Waals surface area contributed by atoms with Gasteiger partial charge in [0.2, 0.25) is 0 Å². The van der Waals surface area contributed by atoms with Gasteiger partial charge in [-0.3, -0.25) is 9.36 Å². The number of aromatic nitrogens is 2. The van der Waals surface area contributed by atoms with Crippen LogP contribution in [0.4, 0.5) is 0 Å². The van der Waals surface area contributed by atoms with Crippen molar-refractivity contribution in [1.29, 1.82) is 0 Å². The molecule has 0 radical (unpaired) electrons. The highest BCUT2D eigenvalue weighted by Crippen LogP contribution is 2.32. The SMILES string of the molecule is COc1ccc(-n2cc(C(=O)N[C@H]3CCCC[C@@H]3O)nc2-c2ccc(Cl)cc2Cl)cc1. The van der Waals surface area contributed by atoms with Crippen LogP contribution in [0, 0.1) is 0 Å². The van der Waals surface area contributed by atoms with E-state index in [1.165, 1.54) is 0 Å². The smallest absolute Gasteiger partial charge is 0.271 e. The Morgan fingerprint density at radius 2 is 1.90 bits per heavy atom. The third kappa shape index (κ3) is 4.71. The fourth-order valence-electron chi connectivity index (χ4n) is 3.81. The number of aliphatic hydroxyl groups excluding tert-OH is 1. The molecule has 4 rings (SSSR count). The molecule has 0 spiro atoms. The van der Waals surface area contributed by atoms with E-state index in [1.54, 1.807) is 36.1 Å². The largest absolute Gasteiger partial charge is 0.497 e. The number of carbonyl (C=O) groups is 1. The summed E-state index contributed by atoms with van der Waals surface area (Å²) in [5.41, 5.74) is 1.69. The molecule has 8 heteroatoms. The zero-order chi connectivity index (χ0) is 22.0. The lowest BCUT2D eigenvalue weighted by atomic mass is 9.92. The molecule has 3 aromatic rings. The number of methoxy groups -OCH3 is 1. The van der Waals surface area contributed by atoms with Gasteiger partial charge in [-0.15, -0.1) is 0 Å². The number of hydrogen-bond acceptors (Lipinski definition) is 4. The Balaban J connectivity index is 1.73. The van der Waals surface area contributed by atoms with Crippen LogP contribution >= 0.6 is 23.2 Å². The predicted octanol–water partition coefficient (Wildman–Crippen LogP) is 4.89. The van der Waals surface area contributed by atoms with E-state index in [0.717, 1.165) is 30.7 Å². The number of aliphatic hydroxyl groups is 1. The van der Waals surface area contributed by atoms with Crippen LogP contribution in [-0.2, 0) is 0 Å². The minimum atomic E-state index is -0.536. The molecule has 0 unspecified atom stereocenters. The molecule has 1 aliphatic carbocycles. The molecular formula is C23H23Cl2N3O3. The number of ether oxygens (including phenoxy) is 1. The molecule has 0 aliphatic heterocycles. The van der Waals surface area contributed by atoms with E-state index in [9.17, 15) is 9.90 Å². The highest BCUT2D eigenvalue weighted by molar-refractivity contribution is 6.36. The van der Waals surface area contributed by atoms with E-state index < -0.39 is 6.10 Å². The first-order valence-corrected chi connectivity index (χ1v) is 10.9. The van der Waals surface area contributed by atoms with Crippen LogP contribution in [0.5, 0.6) is 5.75 Å². The fourth-order valence-corrected chi connectivity index (χ4v) is 4.31. The topological polar surface area (TPSA) is 76.4 Å². The maximum absolute atomic E-state index is 13.0. The Hall–Kier alpha value is -2.54. The number of hydrogen-bond donors (Lipinski definition) is 2. The highest BCUT2D eigenvalue weighted by atomic mass is 35.5. The summed E-state index contributed by atoms with van der Waals surface area (Å²) in [4.78, 5) is 17.5. The van der Waals surface area contributed by atoms with Gasteiger partial charge in [-0.05, 0) is 55.3 Å². The second kappa shape index (κ2) is 9.30. The van der Waals surface area contributed by atoms with Gasteiger partial charge >= 0.3 is 0 Å². The number of carbonyl (C=O) groups excluding carboxylic acids is 1. The van der Waals surface area contributed by atoms with E-state index in [2.05, 4.69) is 10.3 Å². The molecule has 2 N–H and O–H groups in total. The van der Waals surface area contributed by atoms with Crippen molar-refractivity contribution >= 4 is 29.1 Å². The van der Waals surface area contributed by atoms with Gasteiger partial charge in [0.15, 0.2) is 0 Å². The molecule has 31 heavy (non-hydrogen) atoms. The molecule has 2 atom stereocenters. The zero-order valence-electron chi connectivity index (χ0n) is 17.0. The molecule has 1 aliphatic rings. The average molecular weight is 460 g/mol. The quantitative estimate of drug-likeness (QED) is 0.569. The van der Waals surface area contributed by atoms with E-state index in [1.807, 2.05) is 24.3 Å². The zero-order valence-corrected chi connectivity index (χ0v) is 18.5. The average Bonchev–Trinajstić information content (AvgIpc) is 3.20. The monoisotopic (exact) mass is 459 g/mol. The van der Waals surface area contributed by atoms with E-state index in [-0.39, 0.29) is 17.6 Å². The summed E-state index contributed by atoms with van der Waals surface area (Å²) in [5, 5.41) is 14.1. The minimum absolute atomic E-state index is 0.245. The van der Waals surface area contributed by atoms with Gasteiger partial charge in [0, 0.05) is 22.5 Å². The Morgan fingerprint density at radius 1 is 1.16 bits per heavy atom. The van der Waals surface area contributed by atoms with Gasteiger partial charge in [0.1, 0.15) is 17.3 Å². The Morgan fingerprint density at radius 3 is 2.58 bits per heavy atom. The Labute approximate surface area is 190 Å². The number of benzene rings is 2. The number of nitrogens with one attached hydrogen (secondary N) is 1. The molecule has 2 aromatic carbocycles. The standard InChI is InChI=1S/C23H23Cl2N3O3/c1-31-16-9-7-15(8-10-16)28-13-20(23(30)27-19-4-2-3-5-21(19)29)26-22(28)17-11-6-14(24)12-18(17)25/h6-13,19,21,29H,2-5H2,1H3,(H,27,30)/t19-,21-/m0/s1. The third-order valence-electron chi connectivity index (χ3n) is 5.51. The summed E-state index contributed by atoms with van der Waals surface area (Å²) in [6.45, 7) is 0. The lowest BCUT2D eigenvalue weighted by Gasteiger charge is -2.27. The van der Waals surface area contributed by atoms with Crippen molar-refractivity contribution in [2.45, 2.75) is 37.8 Å². The Bertz CT molecular complexity index is 1080. The lowest BCUT2D eigenvalue weighted by molar-refractivity contribution is 0.0714. The van der Waals surface area contributed by atoms with Crippen molar-refractivity contribution in [2.24, 2.45) is 0 Å². The first-order chi connectivity index (χ1) is 15.0. The maximum Gasteiger partial charge on any atom is 0.271 e. The van der Waals surface area contributed by atoms with Crippen LogP contribution in [0.25, 0.3) is 17.1 Å². The predicted molar refractivity (Wildman–Crippen MR) is 121 cm³/mol. The summed E-state index contributed by atoms with van der Waals surface area (Å²) < 4.78 is 7.05. The van der Waals surface area contributed by atoms with Crippen LogP contribution in [0.2, 0.25) is 10.0 Å². The fraction of sp³-hybridized carbons (Fsp3) is 0.304. The van der Waals surface area contributed by atoms with E-state index in [0.29, 0.717) is 27.9 Å². The number of rotatable bonds is 5. The van der Waals surface area contributed by atoms with E-state index in [4.69, 9.17) is 27.9 Å². The molecule has 6 nitrogen and oxygen atoms in total. The second-order valence-corrected chi connectivity index (χ2v) is 8.42. The summed E-state index contributed by atoms with van der Waals surface area (Å²) in [7, 11) is 1.60. The molecule has 162 valence electrons. The van der Waals surface area contributed by atoms with Crippen molar-refractivity contribution in [3.8, 4) is 22.8 Å². The third-order valence-corrected chi connectivity index (χ3v) is 6.05. The molecule has 1 amide bonds. The van der Waals surface area contributed by atoms with Gasteiger partial charge in [-0.1, -0.05) is 36.0 Å². The van der Waals surface area contributed by atoms with Crippen LogP contribution in [0.1, 0.15) is 36.2 Å². The maximum atomic E-state index is 13.0. The van der Waals surface area contributed by atoms with Crippen LogP contribution in [-0.4, -0.2) is 39.8 Å². The molecular weight excluding hydrogens is 437 g/mol. The molecule has 1 saturated carbocycles. The van der Waals surface area contributed by atoms with Crippen molar-refractivity contribution in [2.75, 3.05) is 7.11 Å². The first kappa shape index (κ1) is 21.7. The second-order valence-electron chi connectivity index (χ2n) is 7.57. The number of halogens is 2. The number of nitrogens with zero attached hydrogens (tertiary/aromatic N) is 2. The summed E-state index contributed by atoms with van der Waals surface area (Å²) in [6.07, 6.45) is 4.53. The van der Waals surface area contributed by atoms with Crippen LogP contribution in [0.3, 0.4) is 0 Å². The van der Waals surface area contributed by atoms with Gasteiger partial charge in [0.05, 0.1) is 24.3 Å². The molecule has 0 saturated heterocycles. The van der Waals surface area contributed by atoms with Gasteiger partial charge in [-0.25, -0.2) is 4.98 Å². The van der Waals surface area contributed by atoms with Crippen molar-refractivity contribution in [3.05, 3.63) is 64.4 Å². The van der Waals surface area contributed by atoms with Gasteiger partial charge in [-0.2, -0.15) is 0 Å². The summed E-state index contributed by atoms with van der Waals surface area (Å²) in [6, 6.07) is 12.3. The highest BCUT2D eigenvalue weighted by Gasteiger charge is 2.26. The number of amides is 1. The summed E-state index contributed by atoms with van der Waals surface area (Å²) >= 11 is 12.5. The lowest BCUT2D eigenvalue weighted by Crippen LogP contribution is -2.45. The van der Waals surface area contributed by atoms with Crippen molar-refractivity contribution < 1.29 is 14.6 Å². The van der Waals surface area contributed by atoms with E-state index >= 15 is 0 Å². The molecule has 1 heterocycles.